The van der Waals surface area contributed by atoms with Gasteiger partial charge in [-0.3, -0.25) is 14.0 Å². The van der Waals surface area contributed by atoms with Crippen LogP contribution in [0.1, 0.15) is 44.9 Å². The Hall–Kier alpha value is -2.83. The average Bonchev–Trinajstić information content (AvgIpc) is 3.26. The second kappa shape index (κ2) is 7.42. The second-order valence-corrected chi connectivity index (χ2v) is 6.98. The van der Waals surface area contributed by atoms with E-state index in [1.54, 1.807) is 12.3 Å². The van der Waals surface area contributed by atoms with E-state index in [1.807, 2.05) is 17.4 Å². The van der Waals surface area contributed by atoms with Crippen molar-refractivity contribution < 1.29 is 9.21 Å². The van der Waals surface area contributed by atoms with Crippen LogP contribution in [0.4, 0.5) is 0 Å². The normalized spacial score (nSPS) is 14.6. The Kier molecular flexibility index (Phi) is 4.83. The summed E-state index contributed by atoms with van der Waals surface area (Å²) < 4.78 is 8.47. The number of aromatic nitrogens is 3. The molecule has 4 rings (SSSR count). The first-order valence-electron chi connectivity index (χ1n) is 9.60. The molecule has 0 saturated carbocycles. The molecule has 0 saturated heterocycles. The van der Waals surface area contributed by atoms with E-state index in [9.17, 15) is 9.59 Å². The zero-order chi connectivity index (χ0) is 18.8. The predicted molar refractivity (Wildman–Crippen MR) is 103 cm³/mol. The lowest BCUT2D eigenvalue weighted by atomic mass is 9.97. The Balaban J connectivity index is 1.51. The number of carbonyl (C=O) groups excluding carboxylic acids is 1. The molecule has 1 N–H and O–H groups in total. The third-order valence-corrected chi connectivity index (χ3v) is 5.13. The van der Waals surface area contributed by atoms with Gasteiger partial charge in [-0.15, -0.1) is 0 Å². The molecule has 0 bridgehead atoms. The van der Waals surface area contributed by atoms with Crippen molar-refractivity contribution in [3.8, 4) is 0 Å². The number of rotatable bonds is 6. The van der Waals surface area contributed by atoms with Crippen molar-refractivity contribution >= 4 is 22.5 Å². The van der Waals surface area contributed by atoms with Gasteiger partial charge in [-0.1, -0.05) is 18.6 Å². The van der Waals surface area contributed by atoms with E-state index >= 15 is 0 Å². The molecule has 0 radical (unpaired) electrons. The second-order valence-electron chi connectivity index (χ2n) is 6.98. The molecule has 0 aliphatic heterocycles. The molecule has 1 aliphatic rings. The molecular formula is C20H24N4O3. The van der Waals surface area contributed by atoms with Crippen molar-refractivity contribution in [1.82, 2.24) is 19.5 Å². The van der Waals surface area contributed by atoms with Crippen LogP contribution < -0.4 is 10.9 Å². The summed E-state index contributed by atoms with van der Waals surface area (Å²) in [4.78, 5) is 25.1. The number of aryl methyl sites for hydroxylation is 1. The van der Waals surface area contributed by atoms with Crippen LogP contribution in [0.15, 0.2) is 39.3 Å². The minimum Gasteiger partial charge on any atom is -0.463 e. The summed E-state index contributed by atoms with van der Waals surface area (Å²) in [5.41, 5.74) is 3.08. The molecule has 0 unspecified atom stereocenters. The van der Waals surface area contributed by atoms with E-state index in [0.717, 1.165) is 30.6 Å². The minimum absolute atomic E-state index is 0.0755. The number of furan rings is 1. The Labute approximate surface area is 156 Å². The molecule has 1 aliphatic carbocycles. The van der Waals surface area contributed by atoms with Crippen LogP contribution in [0, 0.1) is 0 Å². The van der Waals surface area contributed by atoms with Crippen molar-refractivity contribution in [2.24, 2.45) is 0 Å². The summed E-state index contributed by atoms with van der Waals surface area (Å²) in [5.74, 6) is 0.531. The number of nitrogens with one attached hydrogen (secondary N) is 1. The monoisotopic (exact) mass is 368 g/mol. The number of hydrogen-bond acceptors (Lipinski definition) is 4. The standard InChI is InChI=1S/C20H24N4O3/c1-2-18-22-23(13-19(25)21-10-8-14-6-4-3-5-7-14)20(26)16-12-17-15(24(16)18)9-11-27-17/h6,9,11-12H,2-5,7-8,10,13H2,1H3,(H,21,25). The molecule has 27 heavy (non-hydrogen) atoms. The molecule has 7 nitrogen and oxygen atoms in total. The maximum Gasteiger partial charge on any atom is 0.291 e. The molecule has 0 fully saturated rings. The first kappa shape index (κ1) is 17.6. The minimum atomic E-state index is -0.288. The zero-order valence-electron chi connectivity index (χ0n) is 15.5. The highest BCUT2D eigenvalue weighted by molar-refractivity contribution is 5.82. The molecule has 3 aromatic heterocycles. The van der Waals surface area contributed by atoms with Crippen molar-refractivity contribution in [2.45, 2.75) is 52.0 Å². The van der Waals surface area contributed by atoms with E-state index in [1.165, 1.54) is 23.1 Å². The Morgan fingerprint density at radius 3 is 3.00 bits per heavy atom. The van der Waals surface area contributed by atoms with Crippen LogP contribution in [0.2, 0.25) is 0 Å². The number of amides is 1. The van der Waals surface area contributed by atoms with Crippen molar-refractivity contribution in [1.29, 1.82) is 0 Å². The number of nitrogens with zero attached hydrogens (tertiary/aromatic N) is 3. The summed E-state index contributed by atoms with van der Waals surface area (Å²) in [6.07, 6.45) is 10.2. The van der Waals surface area contributed by atoms with Gasteiger partial charge in [0.25, 0.3) is 5.56 Å². The van der Waals surface area contributed by atoms with Gasteiger partial charge >= 0.3 is 0 Å². The van der Waals surface area contributed by atoms with Gasteiger partial charge in [0.1, 0.15) is 17.9 Å². The van der Waals surface area contributed by atoms with Gasteiger partial charge in [0.2, 0.25) is 5.91 Å². The SMILES string of the molecule is CCc1nn(CC(=O)NCCC2=CCCCC2)c(=O)c2cc3occc3n12. The summed E-state index contributed by atoms with van der Waals surface area (Å²) in [5, 5.41) is 7.32. The van der Waals surface area contributed by atoms with E-state index in [4.69, 9.17) is 4.42 Å². The molecule has 1 amide bonds. The molecular weight excluding hydrogens is 344 g/mol. The molecule has 3 aromatic rings. The first-order valence-corrected chi connectivity index (χ1v) is 9.60. The number of allylic oxidation sites excluding steroid dienone is 1. The maximum atomic E-state index is 12.8. The Bertz CT molecular complexity index is 1070. The number of carbonyl (C=O) groups is 1. The molecule has 7 heteroatoms. The average molecular weight is 368 g/mol. The lowest BCUT2D eigenvalue weighted by Crippen LogP contribution is -2.35. The fourth-order valence-corrected chi connectivity index (χ4v) is 3.74. The molecule has 3 heterocycles. The quantitative estimate of drug-likeness (QED) is 0.679. The van der Waals surface area contributed by atoms with Gasteiger partial charge in [-0.2, -0.15) is 5.10 Å². The molecule has 0 spiro atoms. The van der Waals surface area contributed by atoms with Crippen LogP contribution in [0.3, 0.4) is 0 Å². The molecule has 0 atom stereocenters. The van der Waals surface area contributed by atoms with E-state index in [-0.39, 0.29) is 18.0 Å². The van der Waals surface area contributed by atoms with Gasteiger partial charge < -0.3 is 9.73 Å². The summed E-state index contributed by atoms with van der Waals surface area (Å²) in [6.45, 7) is 2.49. The largest absolute Gasteiger partial charge is 0.463 e. The van der Waals surface area contributed by atoms with Crippen molar-refractivity contribution in [2.75, 3.05) is 6.54 Å². The molecule has 142 valence electrons. The fourth-order valence-electron chi connectivity index (χ4n) is 3.74. The lowest BCUT2D eigenvalue weighted by Gasteiger charge is -2.13. The number of fused-ring (bicyclic) bond motifs is 3. The van der Waals surface area contributed by atoms with Crippen LogP contribution in [-0.4, -0.2) is 26.6 Å². The van der Waals surface area contributed by atoms with Gasteiger partial charge in [0, 0.05) is 25.1 Å². The summed E-state index contributed by atoms with van der Waals surface area (Å²) >= 11 is 0. The Morgan fingerprint density at radius 2 is 2.22 bits per heavy atom. The summed E-state index contributed by atoms with van der Waals surface area (Å²) in [6, 6.07) is 3.53. The van der Waals surface area contributed by atoms with Gasteiger partial charge in [-0.25, -0.2) is 4.68 Å². The van der Waals surface area contributed by atoms with Crippen molar-refractivity contribution in [3.05, 3.63) is 46.2 Å². The molecule has 0 aromatic carbocycles. The Morgan fingerprint density at radius 1 is 1.33 bits per heavy atom. The van der Waals surface area contributed by atoms with Crippen LogP contribution in [0.25, 0.3) is 16.6 Å². The van der Waals surface area contributed by atoms with Crippen molar-refractivity contribution in [3.63, 3.8) is 0 Å². The third-order valence-electron chi connectivity index (χ3n) is 5.13. The highest BCUT2D eigenvalue weighted by atomic mass is 16.3. The highest BCUT2D eigenvalue weighted by Crippen LogP contribution is 2.21. The van der Waals surface area contributed by atoms with Gasteiger partial charge in [0.15, 0.2) is 5.58 Å². The lowest BCUT2D eigenvalue weighted by molar-refractivity contribution is -0.121. The van der Waals surface area contributed by atoms with Crippen LogP contribution in [0.5, 0.6) is 0 Å². The fraction of sp³-hybridized carbons (Fsp3) is 0.450. The van der Waals surface area contributed by atoms with E-state index in [0.29, 0.717) is 24.1 Å². The topological polar surface area (TPSA) is 81.5 Å². The highest BCUT2D eigenvalue weighted by Gasteiger charge is 2.16. The zero-order valence-corrected chi connectivity index (χ0v) is 15.5. The summed E-state index contributed by atoms with van der Waals surface area (Å²) in [7, 11) is 0. The predicted octanol–water partition coefficient (Wildman–Crippen LogP) is 2.81. The first-order chi connectivity index (χ1) is 13.2. The van der Waals surface area contributed by atoms with E-state index in [2.05, 4.69) is 16.5 Å². The number of hydrogen-bond donors (Lipinski definition) is 1. The smallest absolute Gasteiger partial charge is 0.291 e. The third kappa shape index (κ3) is 3.41. The van der Waals surface area contributed by atoms with Gasteiger partial charge in [-0.05, 0) is 32.1 Å². The van der Waals surface area contributed by atoms with Gasteiger partial charge in [0.05, 0.1) is 11.8 Å². The van der Waals surface area contributed by atoms with E-state index < -0.39 is 0 Å². The van der Waals surface area contributed by atoms with Crippen LogP contribution in [-0.2, 0) is 17.8 Å². The maximum absolute atomic E-state index is 12.8. The van der Waals surface area contributed by atoms with Crippen LogP contribution >= 0.6 is 0 Å².